The molecule has 1 aromatic heterocycles. The van der Waals surface area contributed by atoms with Crippen LogP contribution in [0.2, 0.25) is 0 Å². The van der Waals surface area contributed by atoms with Crippen molar-refractivity contribution in [2.24, 2.45) is 10.9 Å². The number of benzene rings is 3. The van der Waals surface area contributed by atoms with Gasteiger partial charge in [0.15, 0.2) is 5.88 Å². The van der Waals surface area contributed by atoms with Crippen LogP contribution < -0.4 is 4.90 Å². The first-order valence-electron chi connectivity index (χ1n) is 12.6. The zero-order valence-corrected chi connectivity index (χ0v) is 21.1. The van der Waals surface area contributed by atoms with Crippen molar-refractivity contribution in [2.75, 3.05) is 32.1 Å². The third kappa shape index (κ3) is 5.42. The molecular weight excluding hydrogens is 467 g/mol. The van der Waals surface area contributed by atoms with E-state index in [1.807, 2.05) is 61.6 Å². The second-order valence-electron chi connectivity index (χ2n) is 9.78. The average Bonchev–Trinajstić information content (AvgIpc) is 3.23. The fraction of sp³-hybridized carbons (Fsp3) is 0.267. The first-order chi connectivity index (χ1) is 17.9. The number of halogens is 1. The van der Waals surface area contributed by atoms with Gasteiger partial charge in [0.25, 0.3) is 0 Å². The molecule has 0 unspecified atom stereocenters. The van der Waals surface area contributed by atoms with Gasteiger partial charge >= 0.3 is 0 Å². The number of hydrogen-bond acceptors (Lipinski definition) is 4. The molecule has 0 radical (unpaired) electrons. The number of hydrogen-bond donors (Lipinski definition) is 2. The zero-order valence-electron chi connectivity index (χ0n) is 21.1. The number of carbonyl (C=O) groups is 1. The molecule has 1 aliphatic rings. The number of fused-ring (bicyclic) bond motifs is 1. The van der Waals surface area contributed by atoms with E-state index in [-0.39, 0.29) is 17.6 Å². The van der Waals surface area contributed by atoms with Gasteiger partial charge in [0, 0.05) is 30.1 Å². The third-order valence-electron chi connectivity index (χ3n) is 7.18. The molecule has 0 spiro atoms. The maximum absolute atomic E-state index is 13.8. The summed E-state index contributed by atoms with van der Waals surface area (Å²) in [5.41, 5.74) is 3.87. The molecule has 2 heterocycles. The second-order valence-corrected chi connectivity index (χ2v) is 9.78. The number of aromatic hydroxyl groups is 1. The largest absolute Gasteiger partial charge is 0.494 e. The van der Waals surface area contributed by atoms with Crippen molar-refractivity contribution in [1.82, 2.24) is 9.88 Å². The smallest absolute Gasteiger partial charge is 0.226 e. The Bertz CT molecular complexity index is 1420. The molecule has 2 N–H and O–H groups in total. The first kappa shape index (κ1) is 24.7. The quantitative estimate of drug-likeness (QED) is 0.326. The first-order valence-corrected chi connectivity index (χ1v) is 12.6. The summed E-state index contributed by atoms with van der Waals surface area (Å²) in [4.78, 5) is 24.7. The van der Waals surface area contributed by atoms with Crippen molar-refractivity contribution in [2.45, 2.75) is 19.3 Å². The summed E-state index contributed by atoms with van der Waals surface area (Å²) >= 11 is 0. The highest BCUT2D eigenvalue weighted by atomic mass is 19.1. The van der Waals surface area contributed by atoms with Crippen LogP contribution >= 0.6 is 0 Å². The number of piperidine rings is 1. The molecular formula is C30H31FN4O2. The van der Waals surface area contributed by atoms with Gasteiger partial charge in [-0.05, 0) is 81.4 Å². The molecule has 1 fully saturated rings. The lowest BCUT2D eigenvalue weighted by atomic mass is 9.93. The third-order valence-corrected chi connectivity index (χ3v) is 7.18. The second kappa shape index (κ2) is 10.6. The Morgan fingerprint density at radius 1 is 1.08 bits per heavy atom. The molecule has 0 aliphatic carbocycles. The Labute approximate surface area is 216 Å². The summed E-state index contributed by atoms with van der Waals surface area (Å²) in [7, 11) is 3.94. The maximum atomic E-state index is 13.8. The zero-order chi connectivity index (χ0) is 25.9. The lowest BCUT2D eigenvalue weighted by Gasteiger charge is -2.29. The summed E-state index contributed by atoms with van der Waals surface area (Å²) in [5.74, 6) is 0.0927. The van der Waals surface area contributed by atoms with Gasteiger partial charge in [-0.2, -0.15) is 0 Å². The number of anilines is 1. The molecule has 4 aromatic rings. The highest BCUT2D eigenvalue weighted by Gasteiger charge is 2.22. The summed E-state index contributed by atoms with van der Waals surface area (Å²) < 4.78 is 13.8. The van der Waals surface area contributed by atoms with Crippen LogP contribution in [0.5, 0.6) is 5.88 Å². The van der Waals surface area contributed by atoms with Crippen molar-refractivity contribution in [3.05, 3.63) is 89.7 Å². The predicted molar refractivity (Wildman–Crippen MR) is 146 cm³/mol. The highest BCUT2D eigenvalue weighted by molar-refractivity contribution is 6.21. The summed E-state index contributed by atoms with van der Waals surface area (Å²) in [5, 5.41) is 11.4. The van der Waals surface area contributed by atoms with Crippen LogP contribution in [0, 0.1) is 11.7 Å². The molecule has 0 atom stereocenters. The van der Waals surface area contributed by atoms with Crippen LogP contribution in [0.1, 0.15) is 30.4 Å². The van der Waals surface area contributed by atoms with E-state index in [0.717, 1.165) is 37.2 Å². The molecule has 7 heteroatoms. The number of rotatable bonds is 6. The fourth-order valence-corrected chi connectivity index (χ4v) is 4.93. The Kier molecular flexibility index (Phi) is 7.06. The van der Waals surface area contributed by atoms with Crippen molar-refractivity contribution in [1.29, 1.82) is 0 Å². The van der Waals surface area contributed by atoms with Gasteiger partial charge < -0.3 is 19.9 Å². The number of H-pyrrole nitrogens is 1. The molecule has 3 aromatic carbocycles. The minimum absolute atomic E-state index is 0.0703. The predicted octanol–water partition coefficient (Wildman–Crippen LogP) is 5.88. The van der Waals surface area contributed by atoms with Crippen LogP contribution in [-0.2, 0) is 4.79 Å². The van der Waals surface area contributed by atoms with Crippen LogP contribution in [0.4, 0.5) is 15.8 Å². The van der Waals surface area contributed by atoms with E-state index in [1.165, 1.54) is 12.1 Å². The van der Waals surface area contributed by atoms with E-state index < -0.39 is 0 Å². The van der Waals surface area contributed by atoms with Gasteiger partial charge in [-0.1, -0.05) is 30.3 Å². The van der Waals surface area contributed by atoms with Crippen molar-refractivity contribution in [3.63, 3.8) is 0 Å². The molecule has 0 bridgehead atoms. The molecule has 5 rings (SSSR count). The molecule has 1 amide bonds. The number of amides is 1. The monoisotopic (exact) mass is 498 g/mol. The van der Waals surface area contributed by atoms with Gasteiger partial charge in [0.1, 0.15) is 5.82 Å². The molecule has 0 saturated carbocycles. The van der Waals surface area contributed by atoms with E-state index >= 15 is 0 Å². The number of aliphatic imine (C=N–C) groups is 1. The van der Waals surface area contributed by atoms with E-state index in [2.05, 4.69) is 16.9 Å². The van der Waals surface area contributed by atoms with Crippen molar-refractivity contribution in [3.8, 4) is 5.88 Å². The Balaban J connectivity index is 1.43. The standard InChI is InChI=1S/C30H31FN4O2/c1-34-16-14-20(15-17-34)18-27(36)35(2)24-11-9-23(10-12-24)32-29(21-6-4-3-5-7-21)28-25-13-8-22(31)19-26(25)33-30(28)37/h3-13,19-20,33,37H,14-18H2,1-2H3. The minimum atomic E-state index is -0.386. The van der Waals surface area contributed by atoms with Gasteiger partial charge in [-0.3, -0.25) is 4.79 Å². The maximum Gasteiger partial charge on any atom is 0.226 e. The highest BCUT2D eigenvalue weighted by Crippen LogP contribution is 2.32. The van der Waals surface area contributed by atoms with Gasteiger partial charge in [-0.15, -0.1) is 0 Å². The molecule has 1 saturated heterocycles. The van der Waals surface area contributed by atoms with Crippen molar-refractivity contribution < 1.29 is 14.3 Å². The normalized spacial score (nSPS) is 15.3. The van der Waals surface area contributed by atoms with Crippen LogP contribution in [0.25, 0.3) is 10.9 Å². The van der Waals surface area contributed by atoms with E-state index in [0.29, 0.717) is 40.2 Å². The Hall–Kier alpha value is -3.97. The number of aromatic nitrogens is 1. The van der Waals surface area contributed by atoms with E-state index in [4.69, 9.17) is 4.99 Å². The number of nitrogens with one attached hydrogen (secondary N) is 1. The molecule has 37 heavy (non-hydrogen) atoms. The number of carbonyl (C=O) groups excluding carboxylic acids is 1. The lowest BCUT2D eigenvalue weighted by Crippen LogP contribution is -2.34. The minimum Gasteiger partial charge on any atom is -0.494 e. The van der Waals surface area contributed by atoms with Gasteiger partial charge in [-0.25, -0.2) is 9.38 Å². The molecule has 1 aliphatic heterocycles. The number of aromatic amines is 1. The Morgan fingerprint density at radius 2 is 1.78 bits per heavy atom. The van der Waals surface area contributed by atoms with Crippen LogP contribution in [-0.4, -0.2) is 53.8 Å². The van der Waals surface area contributed by atoms with E-state index in [9.17, 15) is 14.3 Å². The summed E-state index contributed by atoms with van der Waals surface area (Å²) in [6.07, 6.45) is 2.67. The summed E-state index contributed by atoms with van der Waals surface area (Å²) in [6, 6.07) is 21.4. The topological polar surface area (TPSA) is 71.9 Å². The van der Waals surface area contributed by atoms with Crippen LogP contribution in [0.3, 0.4) is 0 Å². The van der Waals surface area contributed by atoms with E-state index in [1.54, 1.807) is 11.0 Å². The molecule has 6 nitrogen and oxygen atoms in total. The Morgan fingerprint density at radius 3 is 2.49 bits per heavy atom. The van der Waals surface area contributed by atoms with Gasteiger partial charge in [0.2, 0.25) is 5.91 Å². The summed E-state index contributed by atoms with van der Waals surface area (Å²) in [6.45, 7) is 2.08. The SMILES string of the molecule is CN1CCC(CC(=O)N(C)c2ccc(N=C(c3ccccc3)c3c(O)[nH]c4cc(F)ccc34)cc2)CC1. The van der Waals surface area contributed by atoms with Crippen LogP contribution in [0.15, 0.2) is 77.8 Å². The molecule has 190 valence electrons. The lowest BCUT2D eigenvalue weighted by molar-refractivity contribution is -0.119. The number of likely N-dealkylation sites (tertiary alicyclic amines) is 1. The van der Waals surface area contributed by atoms with Crippen molar-refractivity contribution >= 4 is 33.9 Å². The van der Waals surface area contributed by atoms with Gasteiger partial charge in [0.05, 0.1) is 22.5 Å². The fourth-order valence-electron chi connectivity index (χ4n) is 4.93. The number of nitrogens with zero attached hydrogens (tertiary/aromatic N) is 3. The average molecular weight is 499 g/mol.